The number of hydrogen-bond acceptors (Lipinski definition) is 3. The highest BCUT2D eigenvalue weighted by atomic mass is 16.2. The molecule has 2 aromatic rings. The molecular formula is C21H22N2O3. The van der Waals surface area contributed by atoms with Crippen molar-refractivity contribution < 1.29 is 14.4 Å². The molecule has 0 aromatic heterocycles. The second-order valence-electron chi connectivity index (χ2n) is 6.42. The van der Waals surface area contributed by atoms with Crippen LogP contribution in [0.15, 0.2) is 54.6 Å². The van der Waals surface area contributed by atoms with E-state index in [2.05, 4.69) is 12.2 Å². The molecule has 3 amide bonds. The van der Waals surface area contributed by atoms with Crippen molar-refractivity contribution >= 4 is 17.7 Å². The van der Waals surface area contributed by atoms with Gasteiger partial charge in [-0.15, -0.1) is 0 Å². The van der Waals surface area contributed by atoms with Crippen LogP contribution in [0.4, 0.5) is 0 Å². The summed E-state index contributed by atoms with van der Waals surface area (Å²) in [6, 6.07) is 16.3. The van der Waals surface area contributed by atoms with Crippen LogP contribution >= 0.6 is 0 Å². The SMILES string of the molecule is CCCCC(NC(=O)CN1C(=O)c2ccccc2C1=O)c1ccccc1. The maximum Gasteiger partial charge on any atom is 0.262 e. The minimum Gasteiger partial charge on any atom is -0.348 e. The first-order chi connectivity index (χ1) is 12.6. The minimum atomic E-state index is -0.412. The van der Waals surface area contributed by atoms with Crippen molar-refractivity contribution in [3.8, 4) is 0 Å². The molecule has 5 nitrogen and oxygen atoms in total. The lowest BCUT2D eigenvalue weighted by Crippen LogP contribution is -2.41. The van der Waals surface area contributed by atoms with E-state index in [1.807, 2.05) is 30.3 Å². The number of amides is 3. The van der Waals surface area contributed by atoms with E-state index in [0.29, 0.717) is 11.1 Å². The van der Waals surface area contributed by atoms with E-state index in [-0.39, 0.29) is 18.5 Å². The second-order valence-corrected chi connectivity index (χ2v) is 6.42. The second kappa shape index (κ2) is 7.95. The normalized spacial score (nSPS) is 14.3. The number of nitrogens with one attached hydrogen (secondary N) is 1. The molecule has 0 saturated heterocycles. The topological polar surface area (TPSA) is 66.5 Å². The van der Waals surface area contributed by atoms with Crippen LogP contribution < -0.4 is 5.32 Å². The van der Waals surface area contributed by atoms with Crippen molar-refractivity contribution in [3.05, 3.63) is 71.3 Å². The predicted octanol–water partition coefficient (Wildman–Crippen LogP) is 3.33. The van der Waals surface area contributed by atoms with Gasteiger partial charge in [0.2, 0.25) is 5.91 Å². The van der Waals surface area contributed by atoms with E-state index in [4.69, 9.17) is 0 Å². The fourth-order valence-corrected chi connectivity index (χ4v) is 3.18. The van der Waals surface area contributed by atoms with Crippen LogP contribution in [0, 0.1) is 0 Å². The molecule has 1 heterocycles. The van der Waals surface area contributed by atoms with E-state index in [1.54, 1.807) is 24.3 Å². The highest BCUT2D eigenvalue weighted by molar-refractivity contribution is 6.22. The van der Waals surface area contributed by atoms with Crippen molar-refractivity contribution in [2.75, 3.05) is 6.54 Å². The van der Waals surface area contributed by atoms with Crippen LogP contribution in [-0.2, 0) is 4.79 Å². The largest absolute Gasteiger partial charge is 0.348 e. The molecule has 2 aromatic carbocycles. The van der Waals surface area contributed by atoms with Crippen molar-refractivity contribution in [2.24, 2.45) is 0 Å². The highest BCUT2D eigenvalue weighted by Gasteiger charge is 2.36. The number of imide groups is 1. The average Bonchev–Trinajstić information content (AvgIpc) is 2.91. The Hall–Kier alpha value is -2.95. The van der Waals surface area contributed by atoms with Crippen LogP contribution in [0.1, 0.15) is 58.5 Å². The average molecular weight is 350 g/mol. The Labute approximate surface area is 153 Å². The Balaban J connectivity index is 1.69. The Morgan fingerprint density at radius 1 is 0.962 bits per heavy atom. The summed E-state index contributed by atoms with van der Waals surface area (Å²) in [5, 5.41) is 2.98. The quantitative estimate of drug-likeness (QED) is 0.779. The maximum absolute atomic E-state index is 12.5. The van der Waals surface area contributed by atoms with Gasteiger partial charge in [-0.25, -0.2) is 0 Å². The molecule has 1 aliphatic heterocycles. The number of nitrogens with zero attached hydrogens (tertiary/aromatic N) is 1. The van der Waals surface area contributed by atoms with Crippen LogP contribution in [0.25, 0.3) is 0 Å². The molecule has 1 aliphatic rings. The van der Waals surface area contributed by atoms with Crippen molar-refractivity contribution in [3.63, 3.8) is 0 Å². The molecule has 134 valence electrons. The monoisotopic (exact) mass is 350 g/mol. The Bertz CT molecular complexity index is 782. The fourth-order valence-electron chi connectivity index (χ4n) is 3.18. The first kappa shape index (κ1) is 17.9. The maximum atomic E-state index is 12.5. The molecule has 0 bridgehead atoms. The number of unbranched alkanes of at least 4 members (excludes halogenated alkanes) is 1. The van der Waals surface area contributed by atoms with Gasteiger partial charge >= 0.3 is 0 Å². The van der Waals surface area contributed by atoms with Gasteiger partial charge in [-0.3, -0.25) is 19.3 Å². The number of carbonyl (C=O) groups is 3. The lowest BCUT2D eigenvalue weighted by Gasteiger charge is -2.21. The zero-order valence-corrected chi connectivity index (χ0v) is 14.8. The molecule has 0 aliphatic carbocycles. The Kier molecular flexibility index (Phi) is 5.46. The van der Waals surface area contributed by atoms with Gasteiger partial charge in [-0.2, -0.15) is 0 Å². The Morgan fingerprint density at radius 3 is 2.12 bits per heavy atom. The zero-order valence-electron chi connectivity index (χ0n) is 14.8. The van der Waals surface area contributed by atoms with E-state index in [1.165, 1.54) is 0 Å². The molecule has 1 N–H and O–H groups in total. The third kappa shape index (κ3) is 3.67. The van der Waals surface area contributed by atoms with Gasteiger partial charge in [0.1, 0.15) is 6.54 Å². The Morgan fingerprint density at radius 2 is 1.54 bits per heavy atom. The zero-order chi connectivity index (χ0) is 18.5. The summed E-state index contributed by atoms with van der Waals surface area (Å²) in [6.45, 7) is 1.84. The summed E-state index contributed by atoms with van der Waals surface area (Å²) in [6.07, 6.45) is 2.82. The molecule has 5 heteroatoms. The fraction of sp³-hybridized carbons (Fsp3) is 0.286. The summed E-state index contributed by atoms with van der Waals surface area (Å²) >= 11 is 0. The molecule has 0 spiro atoms. The van der Waals surface area contributed by atoms with Gasteiger partial charge in [0.25, 0.3) is 11.8 Å². The highest BCUT2D eigenvalue weighted by Crippen LogP contribution is 2.23. The van der Waals surface area contributed by atoms with Crippen LogP contribution in [0.2, 0.25) is 0 Å². The van der Waals surface area contributed by atoms with Crippen molar-refractivity contribution in [1.29, 1.82) is 0 Å². The molecular weight excluding hydrogens is 328 g/mol. The third-order valence-corrected chi connectivity index (χ3v) is 4.56. The first-order valence-electron chi connectivity index (χ1n) is 8.91. The number of fused-ring (bicyclic) bond motifs is 1. The number of benzene rings is 2. The molecule has 26 heavy (non-hydrogen) atoms. The van der Waals surface area contributed by atoms with E-state index < -0.39 is 11.8 Å². The van der Waals surface area contributed by atoms with Crippen molar-refractivity contribution in [2.45, 2.75) is 32.2 Å². The predicted molar refractivity (Wildman–Crippen MR) is 98.7 cm³/mol. The smallest absolute Gasteiger partial charge is 0.262 e. The number of rotatable bonds is 7. The summed E-state index contributed by atoms with van der Waals surface area (Å²) in [5.74, 6) is -1.15. The van der Waals surface area contributed by atoms with Gasteiger partial charge in [0.15, 0.2) is 0 Å². The van der Waals surface area contributed by atoms with E-state index in [0.717, 1.165) is 29.7 Å². The molecule has 0 radical (unpaired) electrons. The minimum absolute atomic E-state index is 0.126. The van der Waals surface area contributed by atoms with Crippen molar-refractivity contribution in [1.82, 2.24) is 10.2 Å². The number of hydrogen-bond donors (Lipinski definition) is 1. The molecule has 1 unspecified atom stereocenters. The van der Waals surface area contributed by atoms with Gasteiger partial charge in [-0.1, -0.05) is 62.2 Å². The summed E-state index contributed by atoms with van der Waals surface area (Å²) in [5.41, 5.74) is 1.74. The van der Waals surface area contributed by atoms with Crippen LogP contribution in [-0.4, -0.2) is 29.2 Å². The van der Waals surface area contributed by atoms with Crippen LogP contribution in [0.3, 0.4) is 0 Å². The van der Waals surface area contributed by atoms with Gasteiger partial charge in [-0.05, 0) is 24.1 Å². The molecule has 0 saturated carbocycles. The van der Waals surface area contributed by atoms with Gasteiger partial charge in [0.05, 0.1) is 17.2 Å². The van der Waals surface area contributed by atoms with E-state index in [9.17, 15) is 14.4 Å². The van der Waals surface area contributed by atoms with E-state index >= 15 is 0 Å². The molecule has 3 rings (SSSR count). The lowest BCUT2D eigenvalue weighted by atomic mass is 10.0. The van der Waals surface area contributed by atoms with Crippen LogP contribution in [0.5, 0.6) is 0 Å². The summed E-state index contributed by atoms with van der Waals surface area (Å²) in [7, 11) is 0. The standard InChI is InChI=1S/C21H22N2O3/c1-2-3-13-18(15-9-5-4-6-10-15)22-19(24)14-23-20(25)16-11-7-8-12-17(16)21(23)26/h4-12,18H,2-3,13-14H2,1H3,(H,22,24). The van der Waals surface area contributed by atoms with Gasteiger partial charge < -0.3 is 5.32 Å². The van der Waals surface area contributed by atoms with Gasteiger partial charge in [0, 0.05) is 0 Å². The molecule has 0 fully saturated rings. The summed E-state index contributed by atoms with van der Waals surface area (Å²) < 4.78 is 0. The lowest BCUT2D eigenvalue weighted by molar-refractivity contribution is -0.122. The first-order valence-corrected chi connectivity index (χ1v) is 8.91. The summed E-state index contributed by atoms with van der Waals surface area (Å²) in [4.78, 5) is 38.3. The number of carbonyl (C=O) groups excluding carboxylic acids is 3. The third-order valence-electron chi connectivity index (χ3n) is 4.56. The molecule has 1 atom stereocenters.